The molecule has 0 radical (unpaired) electrons. The maximum absolute atomic E-state index is 10.7. The summed E-state index contributed by atoms with van der Waals surface area (Å²) in [6, 6.07) is 50.7. The monoisotopic (exact) mass is 660 g/mol. The van der Waals surface area contributed by atoms with E-state index in [4.69, 9.17) is 4.42 Å². The third kappa shape index (κ3) is 4.22. The van der Waals surface area contributed by atoms with E-state index in [1.54, 1.807) is 0 Å². The quantitative estimate of drug-likeness (QED) is 0.0859. The molecule has 4 N–H and O–H groups in total. The number of furan rings is 1. The molecule has 0 fully saturated rings. The summed E-state index contributed by atoms with van der Waals surface area (Å²) in [6.07, 6.45) is 0. The normalized spacial score (nSPS) is 11.8. The predicted molar refractivity (Wildman–Crippen MR) is 207 cm³/mol. The van der Waals surface area contributed by atoms with Gasteiger partial charge in [-0.25, -0.2) is 0 Å². The second-order valence-electron chi connectivity index (χ2n) is 13.1. The predicted octanol–water partition coefficient (Wildman–Crippen LogP) is 12.0. The summed E-state index contributed by atoms with van der Waals surface area (Å²) in [5, 5.41) is 51.6. The number of phenolic OH excluding ortho intramolecular Hbond substituents is 4. The average molecular weight is 661 g/mol. The number of hydrogen-bond acceptors (Lipinski definition) is 5. The van der Waals surface area contributed by atoms with Crippen LogP contribution in [0.4, 0.5) is 0 Å². The number of aromatic hydroxyl groups is 4. The molecular formula is C46H28O5. The van der Waals surface area contributed by atoms with Crippen LogP contribution in [-0.4, -0.2) is 20.4 Å². The molecule has 0 amide bonds. The minimum absolute atomic E-state index is 0.102. The van der Waals surface area contributed by atoms with Crippen molar-refractivity contribution in [2.75, 3.05) is 0 Å². The van der Waals surface area contributed by atoms with Crippen molar-refractivity contribution in [1.82, 2.24) is 0 Å². The zero-order chi connectivity index (χ0) is 34.4. The molecule has 51 heavy (non-hydrogen) atoms. The second kappa shape index (κ2) is 10.8. The molecule has 9 aromatic carbocycles. The summed E-state index contributed by atoms with van der Waals surface area (Å²) in [7, 11) is 0. The molecule has 0 saturated heterocycles. The maximum atomic E-state index is 10.7. The largest absolute Gasteiger partial charge is 0.504 e. The summed E-state index contributed by atoms with van der Waals surface area (Å²) in [5.74, 6) is -2.81. The van der Waals surface area contributed by atoms with Crippen molar-refractivity contribution in [3.05, 3.63) is 146 Å². The second-order valence-corrected chi connectivity index (χ2v) is 13.1. The lowest BCUT2D eigenvalue weighted by molar-refractivity contribution is 0.348. The van der Waals surface area contributed by atoms with Crippen molar-refractivity contribution in [3.8, 4) is 56.4 Å². The lowest BCUT2D eigenvalue weighted by atomic mass is 9.82. The van der Waals surface area contributed by atoms with E-state index in [2.05, 4.69) is 127 Å². The van der Waals surface area contributed by atoms with Crippen LogP contribution in [0, 0.1) is 0 Å². The van der Waals surface area contributed by atoms with Gasteiger partial charge in [-0.2, -0.15) is 0 Å². The Kier molecular flexibility index (Phi) is 6.11. The lowest BCUT2D eigenvalue weighted by Crippen LogP contribution is -1.93. The Bertz CT molecular complexity index is 3080. The molecule has 0 aliphatic carbocycles. The molecule has 10 aromatic rings. The van der Waals surface area contributed by atoms with Gasteiger partial charge in [-0.1, -0.05) is 121 Å². The number of phenols is 4. The van der Waals surface area contributed by atoms with Gasteiger partial charge in [-0.05, 0) is 101 Å². The van der Waals surface area contributed by atoms with E-state index >= 15 is 0 Å². The van der Waals surface area contributed by atoms with Crippen molar-refractivity contribution < 1.29 is 24.8 Å². The number of rotatable bonds is 3. The van der Waals surface area contributed by atoms with Crippen LogP contribution in [0.1, 0.15) is 0 Å². The standard InChI is InChI=1S/C46H28O5/c47-42-41-35-21-20-29(24-37(35)51-46(41)45(50)44(49)43(42)48)32-14-7-15-36-38(30-18-16-25-8-1-3-10-27(25)22-30)33-12-5-6-13-34(33)39(40(32)36)31-19-17-26-9-2-4-11-28(26)23-31/h1-24,47-50H. The van der Waals surface area contributed by atoms with Crippen LogP contribution in [0.15, 0.2) is 150 Å². The van der Waals surface area contributed by atoms with Crippen LogP contribution in [-0.2, 0) is 0 Å². The Balaban J connectivity index is 1.34. The maximum Gasteiger partial charge on any atom is 0.208 e. The van der Waals surface area contributed by atoms with E-state index in [0.717, 1.165) is 60.3 Å². The Morgan fingerprint density at radius 2 is 0.902 bits per heavy atom. The molecule has 5 nitrogen and oxygen atoms in total. The molecule has 0 spiro atoms. The van der Waals surface area contributed by atoms with Gasteiger partial charge in [-0.15, -0.1) is 0 Å². The smallest absolute Gasteiger partial charge is 0.208 e. The van der Waals surface area contributed by atoms with Crippen molar-refractivity contribution in [2.45, 2.75) is 0 Å². The van der Waals surface area contributed by atoms with E-state index in [9.17, 15) is 20.4 Å². The van der Waals surface area contributed by atoms with Gasteiger partial charge in [0.05, 0.1) is 5.39 Å². The van der Waals surface area contributed by atoms with E-state index in [1.165, 1.54) is 16.2 Å². The van der Waals surface area contributed by atoms with Crippen LogP contribution < -0.4 is 0 Å². The zero-order valence-corrected chi connectivity index (χ0v) is 27.1. The Morgan fingerprint density at radius 1 is 0.353 bits per heavy atom. The van der Waals surface area contributed by atoms with Crippen molar-refractivity contribution in [1.29, 1.82) is 0 Å². The first kappa shape index (κ1) is 29.0. The highest BCUT2D eigenvalue weighted by Crippen LogP contribution is 2.53. The molecule has 0 bridgehead atoms. The van der Waals surface area contributed by atoms with Gasteiger partial charge in [0, 0.05) is 5.39 Å². The number of fused-ring (bicyclic) bond motifs is 7. The third-order valence-electron chi connectivity index (χ3n) is 10.3. The summed E-state index contributed by atoms with van der Waals surface area (Å²) < 4.78 is 6.06. The van der Waals surface area contributed by atoms with Gasteiger partial charge >= 0.3 is 0 Å². The van der Waals surface area contributed by atoms with Crippen LogP contribution >= 0.6 is 0 Å². The van der Waals surface area contributed by atoms with Gasteiger partial charge < -0.3 is 24.8 Å². The van der Waals surface area contributed by atoms with Crippen molar-refractivity contribution in [3.63, 3.8) is 0 Å². The van der Waals surface area contributed by atoms with Crippen LogP contribution in [0.25, 0.3) is 98.4 Å². The molecule has 0 unspecified atom stereocenters. The molecule has 1 aromatic heterocycles. The highest BCUT2D eigenvalue weighted by molar-refractivity contribution is 6.25. The van der Waals surface area contributed by atoms with Crippen molar-refractivity contribution in [2.24, 2.45) is 0 Å². The Morgan fingerprint density at radius 3 is 1.59 bits per heavy atom. The molecule has 0 saturated carbocycles. The van der Waals surface area contributed by atoms with E-state index in [0.29, 0.717) is 11.0 Å². The van der Waals surface area contributed by atoms with E-state index < -0.39 is 23.0 Å². The van der Waals surface area contributed by atoms with Gasteiger partial charge in [0.2, 0.25) is 17.2 Å². The fraction of sp³-hybridized carbons (Fsp3) is 0. The molecule has 0 atom stereocenters. The molecule has 0 aliphatic heterocycles. The highest BCUT2D eigenvalue weighted by Gasteiger charge is 2.25. The SMILES string of the molecule is Oc1c(O)c(O)c2c(oc3cc(-c4cccc5c(-c6ccc7ccccc7c6)c6ccccc6c(-c6ccc7ccccc7c6)c45)ccc32)c1O. The van der Waals surface area contributed by atoms with Crippen molar-refractivity contribution >= 4 is 65.0 Å². The summed E-state index contributed by atoms with van der Waals surface area (Å²) in [4.78, 5) is 0. The van der Waals surface area contributed by atoms with Gasteiger partial charge in [0.1, 0.15) is 5.58 Å². The first-order valence-electron chi connectivity index (χ1n) is 16.7. The highest BCUT2D eigenvalue weighted by atomic mass is 16.4. The fourth-order valence-corrected chi connectivity index (χ4v) is 7.89. The zero-order valence-electron chi connectivity index (χ0n) is 27.1. The van der Waals surface area contributed by atoms with Gasteiger partial charge in [-0.3, -0.25) is 0 Å². The summed E-state index contributed by atoms with van der Waals surface area (Å²) in [5.41, 5.74) is 6.59. The van der Waals surface area contributed by atoms with Gasteiger partial charge in [0.25, 0.3) is 0 Å². The summed E-state index contributed by atoms with van der Waals surface area (Å²) >= 11 is 0. The Labute approximate surface area is 291 Å². The number of benzene rings is 9. The van der Waals surface area contributed by atoms with Crippen LogP contribution in [0.2, 0.25) is 0 Å². The molecule has 1 heterocycles. The fourth-order valence-electron chi connectivity index (χ4n) is 7.89. The van der Waals surface area contributed by atoms with Crippen LogP contribution in [0.3, 0.4) is 0 Å². The Hall–Kier alpha value is -6.98. The molecular weight excluding hydrogens is 633 g/mol. The minimum atomic E-state index is -0.832. The minimum Gasteiger partial charge on any atom is -0.504 e. The summed E-state index contributed by atoms with van der Waals surface area (Å²) in [6.45, 7) is 0. The molecule has 10 rings (SSSR count). The van der Waals surface area contributed by atoms with Crippen LogP contribution in [0.5, 0.6) is 23.0 Å². The molecule has 0 aliphatic rings. The molecule has 5 heteroatoms. The molecule has 242 valence electrons. The van der Waals surface area contributed by atoms with E-state index in [1.807, 2.05) is 18.2 Å². The van der Waals surface area contributed by atoms with Gasteiger partial charge in [0.15, 0.2) is 11.3 Å². The first-order chi connectivity index (χ1) is 25.0. The topological polar surface area (TPSA) is 94.1 Å². The first-order valence-corrected chi connectivity index (χ1v) is 16.7. The third-order valence-corrected chi connectivity index (χ3v) is 10.3. The van der Waals surface area contributed by atoms with E-state index in [-0.39, 0.29) is 11.0 Å². The average Bonchev–Trinajstić information content (AvgIpc) is 3.57. The number of hydrogen-bond donors (Lipinski definition) is 4. The lowest BCUT2D eigenvalue weighted by Gasteiger charge is -2.21.